The highest BCUT2D eigenvalue weighted by molar-refractivity contribution is 5.95. The van der Waals surface area contributed by atoms with Gasteiger partial charge in [-0.25, -0.2) is 0 Å². The zero-order chi connectivity index (χ0) is 12.3. The Hall–Kier alpha value is -2.42. The third-order valence-corrected chi connectivity index (χ3v) is 2.00. The minimum Gasteiger partial charge on any atom is -0.489 e. The number of nitro groups is 1. The van der Waals surface area contributed by atoms with E-state index in [0.717, 1.165) is 6.07 Å². The number of nitrogens with zero attached hydrogens (tertiary/aromatic N) is 2. The monoisotopic (exact) mass is 220 g/mol. The van der Waals surface area contributed by atoms with E-state index in [9.17, 15) is 14.9 Å². The van der Waals surface area contributed by atoms with Gasteiger partial charge in [0.25, 0.3) is 0 Å². The first-order chi connectivity index (χ1) is 7.51. The summed E-state index contributed by atoms with van der Waals surface area (Å²) in [6.45, 7) is 1.27. The lowest BCUT2D eigenvalue weighted by Gasteiger charge is -2.05. The molecule has 16 heavy (non-hydrogen) atoms. The largest absolute Gasteiger partial charge is 0.489 e. The Kier molecular flexibility index (Phi) is 3.20. The van der Waals surface area contributed by atoms with Gasteiger partial charge in [-0.05, 0) is 13.0 Å². The van der Waals surface area contributed by atoms with Crippen LogP contribution in [-0.4, -0.2) is 17.8 Å². The Balaban J connectivity index is 3.57. The van der Waals surface area contributed by atoms with Gasteiger partial charge in [0.1, 0.15) is 11.6 Å². The molecule has 0 unspecified atom stereocenters. The summed E-state index contributed by atoms with van der Waals surface area (Å²) in [4.78, 5) is 21.2. The van der Waals surface area contributed by atoms with Gasteiger partial charge in [0.2, 0.25) is 5.75 Å². The molecule has 0 heterocycles. The average Bonchev–Trinajstić information content (AvgIpc) is 2.26. The second kappa shape index (κ2) is 4.40. The number of carbonyl (C=O) groups is 1. The van der Waals surface area contributed by atoms with Crippen molar-refractivity contribution in [3.8, 4) is 11.8 Å². The van der Waals surface area contributed by atoms with E-state index in [2.05, 4.69) is 0 Å². The summed E-state index contributed by atoms with van der Waals surface area (Å²) in [5.41, 5.74) is -0.294. The zero-order valence-electron chi connectivity index (χ0n) is 8.68. The normalized spacial score (nSPS) is 9.31. The van der Waals surface area contributed by atoms with Crippen molar-refractivity contribution in [2.75, 3.05) is 7.11 Å². The van der Waals surface area contributed by atoms with Crippen LogP contribution in [0, 0.1) is 21.4 Å². The summed E-state index contributed by atoms with van der Waals surface area (Å²) in [6.07, 6.45) is 0. The zero-order valence-corrected chi connectivity index (χ0v) is 8.68. The Morgan fingerprint density at radius 3 is 2.56 bits per heavy atom. The summed E-state index contributed by atoms with van der Waals surface area (Å²) in [5, 5.41) is 19.5. The maximum absolute atomic E-state index is 11.1. The number of hydrogen-bond donors (Lipinski definition) is 0. The number of carbonyl (C=O) groups excluding carboxylic acids is 1. The molecule has 0 saturated carbocycles. The van der Waals surface area contributed by atoms with Crippen LogP contribution in [0.3, 0.4) is 0 Å². The third kappa shape index (κ3) is 1.98. The molecule has 1 rings (SSSR count). The van der Waals surface area contributed by atoms with Crippen molar-refractivity contribution in [1.29, 1.82) is 5.26 Å². The molecule has 6 heteroatoms. The first kappa shape index (κ1) is 11.7. The smallest absolute Gasteiger partial charge is 0.313 e. The predicted octanol–water partition coefficient (Wildman–Crippen LogP) is 1.68. The van der Waals surface area contributed by atoms with Crippen LogP contribution >= 0.6 is 0 Å². The van der Waals surface area contributed by atoms with Crippen molar-refractivity contribution in [3.63, 3.8) is 0 Å². The molecule has 0 atom stereocenters. The second-order valence-corrected chi connectivity index (χ2v) is 3.00. The van der Waals surface area contributed by atoms with E-state index in [0.29, 0.717) is 0 Å². The molecular weight excluding hydrogens is 212 g/mol. The van der Waals surface area contributed by atoms with E-state index >= 15 is 0 Å². The minimum atomic E-state index is -0.688. The van der Waals surface area contributed by atoms with Gasteiger partial charge < -0.3 is 4.74 Å². The predicted molar refractivity (Wildman–Crippen MR) is 54.4 cm³/mol. The van der Waals surface area contributed by atoms with Gasteiger partial charge >= 0.3 is 5.69 Å². The Bertz CT molecular complexity index is 502. The molecule has 1 aromatic rings. The first-order valence-corrected chi connectivity index (χ1v) is 4.28. The lowest BCUT2D eigenvalue weighted by molar-refractivity contribution is -0.385. The van der Waals surface area contributed by atoms with Crippen molar-refractivity contribution < 1.29 is 14.5 Å². The fourth-order valence-corrected chi connectivity index (χ4v) is 1.25. The molecule has 0 N–H and O–H groups in total. The van der Waals surface area contributed by atoms with E-state index in [1.807, 2.05) is 0 Å². The number of rotatable bonds is 3. The number of ether oxygens (including phenoxy) is 1. The van der Waals surface area contributed by atoms with Crippen molar-refractivity contribution in [2.24, 2.45) is 0 Å². The van der Waals surface area contributed by atoms with Gasteiger partial charge in [0.05, 0.1) is 12.0 Å². The molecule has 82 valence electrons. The number of nitro benzene ring substituents is 1. The molecule has 1 aromatic carbocycles. The molecule has 0 bridgehead atoms. The number of hydrogen-bond acceptors (Lipinski definition) is 5. The molecule has 0 aliphatic carbocycles. The summed E-state index contributed by atoms with van der Waals surface area (Å²) < 4.78 is 4.79. The van der Waals surface area contributed by atoms with Crippen LogP contribution < -0.4 is 4.74 Å². The van der Waals surface area contributed by atoms with Crippen molar-refractivity contribution in [2.45, 2.75) is 6.92 Å². The summed E-state index contributed by atoms with van der Waals surface area (Å²) in [5.74, 6) is -0.472. The third-order valence-electron chi connectivity index (χ3n) is 2.00. The number of Topliss-reactive ketones (excluding diaryl/α,β-unsaturated/α-hetero) is 1. The van der Waals surface area contributed by atoms with E-state index in [1.165, 1.54) is 20.1 Å². The summed E-state index contributed by atoms with van der Waals surface area (Å²) >= 11 is 0. The van der Waals surface area contributed by atoms with Gasteiger partial charge in [-0.3, -0.25) is 14.9 Å². The summed E-state index contributed by atoms with van der Waals surface area (Å²) in [7, 11) is 1.23. The first-order valence-electron chi connectivity index (χ1n) is 4.28. The van der Waals surface area contributed by atoms with Crippen molar-refractivity contribution in [3.05, 3.63) is 33.4 Å². The number of methoxy groups -OCH3 is 1. The van der Waals surface area contributed by atoms with Crippen LogP contribution in [0.5, 0.6) is 5.75 Å². The van der Waals surface area contributed by atoms with Crippen LogP contribution in [0.15, 0.2) is 12.1 Å². The molecule has 0 radical (unpaired) electrons. The minimum absolute atomic E-state index is 0.0260. The number of ketones is 1. The molecule has 0 saturated heterocycles. The van der Waals surface area contributed by atoms with Crippen LogP contribution in [0.1, 0.15) is 22.8 Å². The van der Waals surface area contributed by atoms with Gasteiger partial charge in [0, 0.05) is 11.6 Å². The van der Waals surface area contributed by atoms with Gasteiger partial charge in [-0.2, -0.15) is 5.26 Å². The van der Waals surface area contributed by atoms with Crippen LogP contribution in [-0.2, 0) is 0 Å². The van der Waals surface area contributed by atoms with Gasteiger partial charge in [-0.15, -0.1) is 0 Å². The number of benzene rings is 1. The maximum atomic E-state index is 11.1. The quantitative estimate of drug-likeness (QED) is 0.438. The maximum Gasteiger partial charge on any atom is 0.313 e. The average molecular weight is 220 g/mol. The standard InChI is InChI=1S/C10H8N2O4/c1-6(13)7-3-8(5-11)10(16-2)9(4-7)12(14)15/h3-4H,1-2H3. The van der Waals surface area contributed by atoms with Crippen molar-refractivity contribution >= 4 is 11.5 Å². The number of nitriles is 1. The van der Waals surface area contributed by atoms with E-state index in [1.54, 1.807) is 6.07 Å². The van der Waals surface area contributed by atoms with Crippen molar-refractivity contribution in [1.82, 2.24) is 0 Å². The highest BCUT2D eigenvalue weighted by atomic mass is 16.6. The van der Waals surface area contributed by atoms with Gasteiger partial charge in [-0.1, -0.05) is 0 Å². The summed E-state index contributed by atoms with van der Waals surface area (Å²) in [6, 6.07) is 4.13. The highest BCUT2D eigenvalue weighted by Gasteiger charge is 2.21. The fraction of sp³-hybridized carbons (Fsp3) is 0.200. The molecule has 0 amide bonds. The Morgan fingerprint density at radius 1 is 1.56 bits per heavy atom. The highest BCUT2D eigenvalue weighted by Crippen LogP contribution is 2.31. The fourth-order valence-electron chi connectivity index (χ4n) is 1.25. The molecule has 0 aliphatic rings. The lowest BCUT2D eigenvalue weighted by atomic mass is 10.1. The molecule has 0 spiro atoms. The van der Waals surface area contributed by atoms with E-state index in [-0.39, 0.29) is 28.3 Å². The van der Waals surface area contributed by atoms with E-state index in [4.69, 9.17) is 10.00 Å². The molecule has 0 aliphatic heterocycles. The molecule has 6 nitrogen and oxygen atoms in total. The van der Waals surface area contributed by atoms with Gasteiger partial charge in [0.15, 0.2) is 5.78 Å². The Labute approximate surface area is 91.2 Å². The van der Waals surface area contributed by atoms with Crippen LogP contribution in [0.2, 0.25) is 0 Å². The second-order valence-electron chi connectivity index (χ2n) is 3.00. The Morgan fingerprint density at radius 2 is 2.19 bits per heavy atom. The molecular formula is C10H8N2O4. The van der Waals surface area contributed by atoms with Crippen LogP contribution in [0.25, 0.3) is 0 Å². The molecule has 0 fully saturated rings. The topological polar surface area (TPSA) is 93.2 Å². The van der Waals surface area contributed by atoms with Crippen LogP contribution in [0.4, 0.5) is 5.69 Å². The van der Waals surface area contributed by atoms with E-state index < -0.39 is 4.92 Å². The SMILES string of the molecule is COc1c(C#N)cc(C(C)=O)cc1[N+](=O)[O-]. The molecule has 0 aromatic heterocycles. The lowest BCUT2D eigenvalue weighted by Crippen LogP contribution is -2.01.